The van der Waals surface area contributed by atoms with Crippen LogP contribution >= 0.6 is 0 Å². The zero-order valence-electron chi connectivity index (χ0n) is 7.94. The smallest absolute Gasteiger partial charge is 0.115 e. The molecule has 0 spiro atoms. The lowest BCUT2D eigenvalue weighted by atomic mass is 10.1. The number of nitrogens with zero attached hydrogens (tertiary/aromatic N) is 1. The van der Waals surface area contributed by atoms with Gasteiger partial charge in [0.05, 0.1) is 0 Å². The quantitative estimate of drug-likeness (QED) is 0.719. The number of nitrogens with two attached hydrogens (primary N) is 1. The number of phenolic OH excluding ortho intramolecular Hbond substituents is 1. The SMILES string of the molecule is Cn1ccc(-c2ccc(O)cc2)c1N. The highest BCUT2D eigenvalue weighted by Crippen LogP contribution is 2.27. The van der Waals surface area contributed by atoms with Gasteiger partial charge in [-0.25, -0.2) is 0 Å². The van der Waals surface area contributed by atoms with Crippen LogP contribution in [0.15, 0.2) is 36.5 Å². The van der Waals surface area contributed by atoms with Crippen LogP contribution < -0.4 is 5.73 Å². The number of hydrogen-bond acceptors (Lipinski definition) is 2. The van der Waals surface area contributed by atoms with Gasteiger partial charge in [0.25, 0.3) is 0 Å². The maximum atomic E-state index is 9.14. The molecule has 0 saturated carbocycles. The summed E-state index contributed by atoms with van der Waals surface area (Å²) in [6.07, 6.45) is 1.91. The summed E-state index contributed by atoms with van der Waals surface area (Å²) in [4.78, 5) is 0. The highest BCUT2D eigenvalue weighted by molar-refractivity contribution is 5.74. The first-order valence-corrected chi connectivity index (χ1v) is 4.38. The molecule has 1 heterocycles. The molecule has 0 aliphatic heterocycles. The summed E-state index contributed by atoms with van der Waals surface area (Å²) in [5, 5.41) is 9.14. The molecule has 3 nitrogen and oxygen atoms in total. The van der Waals surface area contributed by atoms with E-state index in [-0.39, 0.29) is 5.75 Å². The second kappa shape index (κ2) is 3.10. The molecule has 2 rings (SSSR count). The standard InChI is InChI=1S/C11H12N2O/c1-13-7-6-10(11(13)12)8-2-4-9(14)5-3-8/h2-7,14H,12H2,1H3. The summed E-state index contributed by atoms with van der Waals surface area (Å²) in [6.45, 7) is 0. The lowest BCUT2D eigenvalue weighted by Gasteiger charge is -2.02. The maximum absolute atomic E-state index is 9.14. The molecule has 72 valence electrons. The molecule has 2 aromatic rings. The number of aryl methyl sites for hydroxylation is 1. The lowest BCUT2D eigenvalue weighted by Crippen LogP contribution is -1.95. The zero-order chi connectivity index (χ0) is 10.1. The normalized spacial score (nSPS) is 10.4. The fourth-order valence-electron chi connectivity index (χ4n) is 1.43. The van der Waals surface area contributed by atoms with Crippen LogP contribution in [0.2, 0.25) is 0 Å². The molecular weight excluding hydrogens is 176 g/mol. The van der Waals surface area contributed by atoms with Crippen molar-refractivity contribution in [3.05, 3.63) is 36.5 Å². The van der Waals surface area contributed by atoms with Crippen molar-refractivity contribution < 1.29 is 5.11 Å². The molecule has 0 amide bonds. The average molecular weight is 188 g/mol. The molecule has 0 bridgehead atoms. The molecule has 0 aliphatic rings. The Morgan fingerprint density at radius 1 is 1.14 bits per heavy atom. The molecule has 0 radical (unpaired) electrons. The van der Waals surface area contributed by atoms with E-state index in [1.54, 1.807) is 12.1 Å². The Morgan fingerprint density at radius 3 is 2.29 bits per heavy atom. The number of benzene rings is 1. The van der Waals surface area contributed by atoms with Crippen molar-refractivity contribution in [1.82, 2.24) is 4.57 Å². The van der Waals surface area contributed by atoms with Crippen molar-refractivity contribution in [3.63, 3.8) is 0 Å². The van der Waals surface area contributed by atoms with Crippen LogP contribution in [0.5, 0.6) is 5.75 Å². The maximum Gasteiger partial charge on any atom is 0.115 e. The van der Waals surface area contributed by atoms with Gasteiger partial charge in [0, 0.05) is 18.8 Å². The third-order valence-corrected chi connectivity index (χ3v) is 2.30. The van der Waals surface area contributed by atoms with Gasteiger partial charge in [0.1, 0.15) is 11.6 Å². The summed E-state index contributed by atoms with van der Waals surface area (Å²) >= 11 is 0. The molecule has 1 aromatic heterocycles. The van der Waals surface area contributed by atoms with Gasteiger partial charge in [-0.05, 0) is 23.8 Å². The Balaban J connectivity index is 2.49. The van der Waals surface area contributed by atoms with Gasteiger partial charge in [-0.2, -0.15) is 0 Å². The molecule has 3 N–H and O–H groups in total. The predicted octanol–water partition coefficient (Wildman–Crippen LogP) is 1.98. The van der Waals surface area contributed by atoms with Gasteiger partial charge in [-0.1, -0.05) is 12.1 Å². The summed E-state index contributed by atoms with van der Waals surface area (Å²) in [7, 11) is 1.90. The van der Waals surface area contributed by atoms with Gasteiger partial charge < -0.3 is 15.4 Å². The minimum Gasteiger partial charge on any atom is -0.508 e. The minimum atomic E-state index is 0.267. The third-order valence-electron chi connectivity index (χ3n) is 2.30. The van der Waals surface area contributed by atoms with E-state index in [2.05, 4.69) is 0 Å². The zero-order valence-corrected chi connectivity index (χ0v) is 7.94. The van der Waals surface area contributed by atoms with E-state index in [1.165, 1.54) is 0 Å². The van der Waals surface area contributed by atoms with Crippen molar-refractivity contribution in [2.24, 2.45) is 7.05 Å². The fourth-order valence-corrected chi connectivity index (χ4v) is 1.43. The highest BCUT2D eigenvalue weighted by Gasteiger charge is 2.04. The van der Waals surface area contributed by atoms with E-state index in [0.29, 0.717) is 0 Å². The van der Waals surface area contributed by atoms with Crippen LogP contribution in [-0.2, 0) is 7.05 Å². The van der Waals surface area contributed by atoms with Crippen molar-refractivity contribution in [2.45, 2.75) is 0 Å². The molecule has 0 unspecified atom stereocenters. The van der Waals surface area contributed by atoms with Gasteiger partial charge in [-0.3, -0.25) is 0 Å². The third kappa shape index (κ3) is 1.33. The molecular formula is C11H12N2O. The summed E-state index contributed by atoms with van der Waals surface area (Å²) in [5.74, 6) is 0.999. The number of rotatable bonds is 1. The summed E-state index contributed by atoms with van der Waals surface area (Å²) < 4.78 is 1.86. The molecule has 0 fully saturated rings. The van der Waals surface area contributed by atoms with Crippen LogP contribution in [-0.4, -0.2) is 9.67 Å². The molecule has 0 atom stereocenters. The largest absolute Gasteiger partial charge is 0.508 e. The fraction of sp³-hybridized carbons (Fsp3) is 0.0909. The number of hydrogen-bond donors (Lipinski definition) is 2. The van der Waals surface area contributed by atoms with E-state index in [0.717, 1.165) is 16.9 Å². The summed E-state index contributed by atoms with van der Waals surface area (Å²) in [5.41, 5.74) is 7.88. The topological polar surface area (TPSA) is 51.2 Å². The van der Waals surface area contributed by atoms with E-state index < -0.39 is 0 Å². The molecule has 1 aromatic carbocycles. The predicted molar refractivity (Wildman–Crippen MR) is 56.9 cm³/mol. The monoisotopic (exact) mass is 188 g/mol. The van der Waals surface area contributed by atoms with E-state index >= 15 is 0 Å². The average Bonchev–Trinajstić information content (AvgIpc) is 2.50. The summed E-state index contributed by atoms with van der Waals surface area (Å²) in [6, 6.07) is 8.97. The number of phenols is 1. The molecule has 3 heteroatoms. The Kier molecular flexibility index (Phi) is 1.93. The van der Waals surface area contributed by atoms with E-state index in [1.807, 2.05) is 36.0 Å². The molecule has 14 heavy (non-hydrogen) atoms. The first-order valence-electron chi connectivity index (χ1n) is 4.38. The Hall–Kier alpha value is -1.90. The number of aromatic hydroxyl groups is 1. The van der Waals surface area contributed by atoms with Gasteiger partial charge in [0.15, 0.2) is 0 Å². The van der Waals surface area contributed by atoms with Crippen molar-refractivity contribution >= 4 is 5.82 Å². The van der Waals surface area contributed by atoms with Crippen LogP contribution in [0.25, 0.3) is 11.1 Å². The van der Waals surface area contributed by atoms with Gasteiger partial charge in [0.2, 0.25) is 0 Å². The van der Waals surface area contributed by atoms with Crippen LogP contribution in [0.3, 0.4) is 0 Å². The minimum absolute atomic E-state index is 0.267. The van der Waals surface area contributed by atoms with Gasteiger partial charge >= 0.3 is 0 Å². The number of anilines is 1. The number of aromatic nitrogens is 1. The van der Waals surface area contributed by atoms with E-state index in [9.17, 15) is 0 Å². The van der Waals surface area contributed by atoms with Crippen LogP contribution in [0, 0.1) is 0 Å². The van der Waals surface area contributed by atoms with Crippen molar-refractivity contribution in [2.75, 3.05) is 5.73 Å². The first-order chi connectivity index (χ1) is 6.68. The second-order valence-corrected chi connectivity index (χ2v) is 3.27. The van der Waals surface area contributed by atoms with Crippen LogP contribution in [0.4, 0.5) is 5.82 Å². The van der Waals surface area contributed by atoms with E-state index in [4.69, 9.17) is 10.8 Å². The Labute approximate surface area is 82.4 Å². The Bertz CT molecular complexity index is 443. The second-order valence-electron chi connectivity index (χ2n) is 3.27. The van der Waals surface area contributed by atoms with Crippen molar-refractivity contribution in [1.29, 1.82) is 0 Å². The Morgan fingerprint density at radius 2 is 1.79 bits per heavy atom. The van der Waals surface area contributed by atoms with Gasteiger partial charge in [-0.15, -0.1) is 0 Å². The first kappa shape index (κ1) is 8.69. The van der Waals surface area contributed by atoms with Crippen molar-refractivity contribution in [3.8, 4) is 16.9 Å². The molecule has 0 saturated heterocycles. The van der Waals surface area contributed by atoms with Crippen LogP contribution in [0.1, 0.15) is 0 Å². The molecule has 0 aliphatic carbocycles. The lowest BCUT2D eigenvalue weighted by molar-refractivity contribution is 0.475. The number of nitrogen functional groups attached to an aromatic ring is 1. The highest BCUT2D eigenvalue weighted by atomic mass is 16.3.